The lowest BCUT2D eigenvalue weighted by molar-refractivity contribution is -0.0281. The van der Waals surface area contributed by atoms with Crippen LogP contribution in [0.1, 0.15) is 23.0 Å². The number of nitrogens with zero attached hydrogens (tertiary/aromatic N) is 2. The van der Waals surface area contributed by atoms with E-state index in [1.165, 1.54) is 0 Å². The van der Waals surface area contributed by atoms with Gasteiger partial charge < -0.3 is 24.8 Å². The van der Waals surface area contributed by atoms with Crippen LogP contribution in [0.15, 0.2) is 16.7 Å². The highest BCUT2D eigenvalue weighted by Gasteiger charge is 2.63. The average Bonchev–Trinajstić information content (AvgIpc) is 3.05. The summed E-state index contributed by atoms with van der Waals surface area (Å²) in [5, 5.41) is 5.78. The van der Waals surface area contributed by atoms with Crippen LogP contribution in [-0.4, -0.2) is 53.4 Å². The molecule has 2 N–H and O–H groups in total. The number of nitrogens with one attached hydrogen (secondary N) is 2. The van der Waals surface area contributed by atoms with Crippen molar-refractivity contribution in [3.63, 3.8) is 0 Å². The predicted octanol–water partition coefficient (Wildman–Crippen LogP) is 0.674. The number of urea groups is 1. The summed E-state index contributed by atoms with van der Waals surface area (Å²) < 4.78 is 8.51. The third-order valence-corrected chi connectivity index (χ3v) is 5.56. The average molecular weight is 355 g/mol. The van der Waals surface area contributed by atoms with E-state index in [4.69, 9.17) is 4.74 Å². The van der Waals surface area contributed by atoms with Crippen molar-refractivity contribution < 1.29 is 14.3 Å². The van der Waals surface area contributed by atoms with Crippen molar-refractivity contribution in [2.24, 2.45) is 0 Å². The van der Waals surface area contributed by atoms with E-state index in [0.717, 1.165) is 4.60 Å². The molecule has 8 heteroatoms. The molecule has 2 fully saturated rings. The molecule has 3 aliphatic rings. The van der Waals surface area contributed by atoms with Gasteiger partial charge >= 0.3 is 6.03 Å². The molecule has 3 heterocycles. The molecule has 3 amide bonds. The van der Waals surface area contributed by atoms with Crippen LogP contribution in [0.25, 0.3) is 0 Å². The van der Waals surface area contributed by atoms with E-state index in [1.54, 1.807) is 19.1 Å². The van der Waals surface area contributed by atoms with E-state index in [2.05, 4.69) is 26.6 Å². The molecule has 7 nitrogen and oxygen atoms in total. The molecule has 21 heavy (non-hydrogen) atoms. The van der Waals surface area contributed by atoms with Gasteiger partial charge in [-0.15, -0.1) is 0 Å². The topological polar surface area (TPSA) is 75.6 Å². The first kappa shape index (κ1) is 13.1. The SMILES string of the molecule is CO[C@@]12C[C@@H]3[C@H]([C@@H]1NC(=O)N2)N(C)C(=O)c1ccc(Br)n13. The second-order valence-corrected chi connectivity index (χ2v) is 6.57. The van der Waals surface area contributed by atoms with Gasteiger partial charge in [0, 0.05) is 20.6 Å². The Morgan fingerprint density at radius 1 is 1.43 bits per heavy atom. The quantitative estimate of drug-likeness (QED) is 0.778. The fourth-order valence-corrected chi connectivity index (χ4v) is 4.58. The molecule has 1 aromatic rings. The van der Waals surface area contributed by atoms with Crippen molar-refractivity contribution in [3.8, 4) is 0 Å². The van der Waals surface area contributed by atoms with Gasteiger partial charge in [0.2, 0.25) is 0 Å². The zero-order valence-electron chi connectivity index (χ0n) is 11.6. The third kappa shape index (κ3) is 1.46. The van der Waals surface area contributed by atoms with E-state index in [0.29, 0.717) is 12.1 Å². The van der Waals surface area contributed by atoms with Crippen LogP contribution in [0.4, 0.5) is 4.79 Å². The van der Waals surface area contributed by atoms with E-state index in [-0.39, 0.29) is 30.1 Å². The molecule has 112 valence electrons. The standard InChI is InChI=1S/C13H15BrN4O3/c1-17-9-7(18-6(11(17)19)3-4-8(18)14)5-13(21-2)10(9)15-12(20)16-13/h3-4,7,9-10H,5H2,1-2H3,(H2,15,16,20)/t7-,9-,10+,13+/m1/s1. The zero-order valence-corrected chi connectivity index (χ0v) is 13.2. The maximum Gasteiger partial charge on any atom is 0.317 e. The van der Waals surface area contributed by atoms with Crippen LogP contribution in [0.5, 0.6) is 0 Å². The molecule has 4 rings (SSSR count). The molecule has 0 bridgehead atoms. The number of ether oxygens (including phenoxy) is 1. The van der Waals surface area contributed by atoms with Gasteiger partial charge in [-0.3, -0.25) is 4.79 Å². The first-order chi connectivity index (χ1) is 9.98. The summed E-state index contributed by atoms with van der Waals surface area (Å²) in [4.78, 5) is 26.0. The summed E-state index contributed by atoms with van der Waals surface area (Å²) in [6, 6.07) is 3.08. The molecule has 4 atom stereocenters. The number of hydrogen-bond donors (Lipinski definition) is 2. The molecule has 1 saturated heterocycles. The largest absolute Gasteiger partial charge is 0.357 e. The number of hydrogen-bond acceptors (Lipinski definition) is 3. The first-order valence-corrected chi connectivity index (χ1v) is 7.55. The summed E-state index contributed by atoms with van der Waals surface area (Å²) >= 11 is 3.51. The highest BCUT2D eigenvalue weighted by Crippen LogP contribution is 2.47. The number of rotatable bonds is 1. The van der Waals surface area contributed by atoms with E-state index in [9.17, 15) is 9.59 Å². The van der Waals surface area contributed by atoms with Crippen LogP contribution >= 0.6 is 15.9 Å². The number of halogens is 1. The van der Waals surface area contributed by atoms with E-state index in [1.807, 2.05) is 16.7 Å². The first-order valence-electron chi connectivity index (χ1n) is 6.76. The Labute approximate surface area is 129 Å². The van der Waals surface area contributed by atoms with Gasteiger partial charge in [-0.2, -0.15) is 0 Å². The maximum atomic E-state index is 12.5. The lowest BCUT2D eigenvalue weighted by Gasteiger charge is -2.38. The molecule has 0 spiro atoms. The van der Waals surface area contributed by atoms with Gasteiger partial charge in [-0.25, -0.2) is 4.79 Å². The van der Waals surface area contributed by atoms with Gasteiger partial charge in [0.25, 0.3) is 5.91 Å². The molecule has 0 aromatic carbocycles. The number of amides is 3. The molecule has 0 unspecified atom stereocenters. The number of carbonyl (C=O) groups is 2. The van der Waals surface area contributed by atoms with Crippen LogP contribution in [0.2, 0.25) is 0 Å². The Bertz CT molecular complexity index is 660. The molecular weight excluding hydrogens is 340 g/mol. The Morgan fingerprint density at radius 2 is 2.19 bits per heavy atom. The number of carbonyl (C=O) groups excluding carboxylic acids is 2. The Kier molecular flexibility index (Phi) is 2.51. The maximum absolute atomic E-state index is 12.5. The minimum Gasteiger partial charge on any atom is -0.357 e. The predicted molar refractivity (Wildman–Crippen MR) is 76.9 cm³/mol. The smallest absolute Gasteiger partial charge is 0.317 e. The summed E-state index contributed by atoms with van der Waals surface area (Å²) in [6.45, 7) is 0. The molecule has 0 radical (unpaired) electrons. The second-order valence-electron chi connectivity index (χ2n) is 5.76. The van der Waals surface area contributed by atoms with Gasteiger partial charge in [-0.1, -0.05) is 0 Å². The van der Waals surface area contributed by atoms with Crippen molar-refractivity contribution in [1.29, 1.82) is 0 Å². The number of likely N-dealkylation sites (N-methyl/N-ethyl adjacent to an activating group) is 1. The van der Waals surface area contributed by atoms with E-state index >= 15 is 0 Å². The van der Waals surface area contributed by atoms with Crippen LogP contribution in [0.3, 0.4) is 0 Å². The van der Waals surface area contributed by atoms with Crippen LogP contribution in [0, 0.1) is 0 Å². The highest BCUT2D eigenvalue weighted by molar-refractivity contribution is 9.10. The molecule has 2 aliphatic heterocycles. The molecule has 1 saturated carbocycles. The van der Waals surface area contributed by atoms with Crippen LogP contribution in [-0.2, 0) is 4.74 Å². The minimum atomic E-state index is -0.772. The van der Waals surface area contributed by atoms with Crippen molar-refractivity contribution in [2.75, 3.05) is 14.2 Å². The Hall–Kier alpha value is -1.54. The van der Waals surface area contributed by atoms with Crippen molar-refractivity contribution in [3.05, 3.63) is 22.4 Å². The molecule has 1 aromatic heterocycles. The van der Waals surface area contributed by atoms with E-state index < -0.39 is 5.72 Å². The van der Waals surface area contributed by atoms with Gasteiger partial charge in [0.15, 0.2) is 5.72 Å². The summed E-state index contributed by atoms with van der Waals surface area (Å²) in [5.41, 5.74) is -0.116. The number of fused-ring (bicyclic) bond motifs is 5. The monoisotopic (exact) mass is 354 g/mol. The van der Waals surface area contributed by atoms with Gasteiger partial charge in [-0.05, 0) is 28.1 Å². The van der Waals surface area contributed by atoms with Crippen LogP contribution < -0.4 is 10.6 Å². The lowest BCUT2D eigenvalue weighted by atomic mass is 10.0. The number of aromatic nitrogens is 1. The second kappa shape index (κ2) is 4.01. The van der Waals surface area contributed by atoms with Crippen molar-refractivity contribution in [1.82, 2.24) is 20.1 Å². The fourth-order valence-electron chi connectivity index (χ4n) is 3.99. The Morgan fingerprint density at radius 3 is 2.90 bits per heavy atom. The zero-order chi connectivity index (χ0) is 14.9. The summed E-state index contributed by atoms with van der Waals surface area (Å²) in [5.74, 6) is -0.0463. The van der Waals surface area contributed by atoms with Crippen molar-refractivity contribution >= 4 is 27.9 Å². The highest BCUT2D eigenvalue weighted by atomic mass is 79.9. The van der Waals surface area contributed by atoms with Gasteiger partial charge in [0.1, 0.15) is 11.7 Å². The fraction of sp³-hybridized carbons (Fsp3) is 0.538. The normalized spacial score (nSPS) is 36.9. The van der Waals surface area contributed by atoms with Crippen molar-refractivity contribution in [2.45, 2.75) is 30.3 Å². The summed E-state index contributed by atoms with van der Waals surface area (Å²) in [7, 11) is 3.37. The number of methoxy groups -OCH3 is 1. The van der Waals surface area contributed by atoms with Gasteiger partial charge in [0.05, 0.1) is 16.7 Å². The minimum absolute atomic E-state index is 0.0463. The molecular formula is C13H15BrN4O3. The Balaban J connectivity index is 1.87. The summed E-state index contributed by atoms with van der Waals surface area (Å²) in [6.07, 6.45) is 0.607. The lowest BCUT2D eigenvalue weighted by Crippen LogP contribution is -2.57. The molecule has 1 aliphatic carbocycles. The third-order valence-electron chi connectivity index (χ3n) is 4.91.